The maximum Gasteiger partial charge on any atom is 0.168 e. The predicted molar refractivity (Wildman–Crippen MR) is 73.6 cm³/mol. The molecule has 2 aromatic rings. The molecule has 88 valence electrons. The van der Waals surface area contributed by atoms with Crippen LogP contribution >= 0.6 is 34.5 Å². The van der Waals surface area contributed by atoms with Crippen LogP contribution in [-0.2, 0) is 6.42 Å². The summed E-state index contributed by atoms with van der Waals surface area (Å²) in [6, 6.07) is 5.28. The summed E-state index contributed by atoms with van der Waals surface area (Å²) in [5.41, 5.74) is 2.70. The second kappa shape index (κ2) is 5.21. The van der Waals surface area contributed by atoms with Crippen LogP contribution < -0.4 is 0 Å². The molecule has 0 radical (unpaired) electrons. The van der Waals surface area contributed by atoms with Gasteiger partial charge >= 0.3 is 0 Å². The van der Waals surface area contributed by atoms with E-state index >= 15 is 0 Å². The first-order valence-electron chi connectivity index (χ1n) is 5.08. The van der Waals surface area contributed by atoms with Crippen molar-refractivity contribution in [1.29, 1.82) is 0 Å². The normalized spacial score (nSPS) is 10.5. The van der Waals surface area contributed by atoms with E-state index in [1.807, 2.05) is 23.8 Å². The molecule has 0 aliphatic carbocycles. The number of Topliss-reactive ketones (excluding diaryl/α,β-unsaturated/α-hetero) is 1. The summed E-state index contributed by atoms with van der Waals surface area (Å²) in [5.74, 6) is 0.113. The van der Waals surface area contributed by atoms with E-state index in [9.17, 15) is 4.79 Å². The highest BCUT2D eigenvalue weighted by molar-refractivity contribution is 7.08. The first-order valence-corrected chi connectivity index (χ1v) is 6.77. The predicted octanol–water partition coefficient (Wildman–Crippen LogP) is 4.79. The maximum absolute atomic E-state index is 12.0. The average Bonchev–Trinajstić information content (AvgIpc) is 2.70. The summed E-state index contributed by atoms with van der Waals surface area (Å²) in [6.07, 6.45) is 0.356. The maximum atomic E-state index is 12.0. The molecule has 1 nitrogen and oxygen atoms in total. The molecule has 4 heteroatoms. The minimum Gasteiger partial charge on any atom is -0.294 e. The number of aryl methyl sites for hydroxylation is 1. The van der Waals surface area contributed by atoms with Crippen LogP contribution in [0.4, 0.5) is 0 Å². The van der Waals surface area contributed by atoms with E-state index in [2.05, 4.69) is 0 Å². The van der Waals surface area contributed by atoms with Crippen molar-refractivity contribution in [2.24, 2.45) is 0 Å². The highest BCUT2D eigenvalue weighted by Crippen LogP contribution is 2.24. The van der Waals surface area contributed by atoms with Crippen molar-refractivity contribution in [1.82, 2.24) is 0 Å². The molecule has 0 fully saturated rings. The van der Waals surface area contributed by atoms with E-state index < -0.39 is 0 Å². The molecule has 0 saturated carbocycles. The zero-order valence-electron chi connectivity index (χ0n) is 9.17. The molecule has 0 bridgehead atoms. The lowest BCUT2D eigenvalue weighted by Crippen LogP contribution is -2.03. The number of hydrogen-bond acceptors (Lipinski definition) is 2. The highest BCUT2D eigenvalue weighted by atomic mass is 35.5. The summed E-state index contributed by atoms with van der Waals surface area (Å²) < 4.78 is 0. The van der Waals surface area contributed by atoms with Crippen LogP contribution in [0.15, 0.2) is 29.0 Å². The molecular weight excluding hydrogens is 275 g/mol. The van der Waals surface area contributed by atoms with E-state index in [4.69, 9.17) is 23.2 Å². The number of hydrogen-bond donors (Lipinski definition) is 0. The Morgan fingerprint density at radius 3 is 2.59 bits per heavy atom. The van der Waals surface area contributed by atoms with Gasteiger partial charge in [-0.25, -0.2) is 0 Å². The van der Waals surface area contributed by atoms with Crippen LogP contribution in [0.3, 0.4) is 0 Å². The Kier molecular flexibility index (Phi) is 3.87. The van der Waals surface area contributed by atoms with Crippen molar-refractivity contribution < 1.29 is 4.79 Å². The molecule has 0 unspecified atom stereocenters. The van der Waals surface area contributed by atoms with Gasteiger partial charge in [0.15, 0.2) is 5.78 Å². The molecular formula is C13H10Cl2OS. The van der Waals surface area contributed by atoms with Gasteiger partial charge in [0, 0.05) is 17.4 Å². The van der Waals surface area contributed by atoms with Gasteiger partial charge in [-0.05, 0) is 35.6 Å². The van der Waals surface area contributed by atoms with Gasteiger partial charge in [-0.1, -0.05) is 29.3 Å². The van der Waals surface area contributed by atoms with Gasteiger partial charge in [-0.15, -0.1) is 0 Å². The molecule has 0 saturated heterocycles. The summed E-state index contributed by atoms with van der Waals surface area (Å²) in [5, 5.41) is 4.85. The van der Waals surface area contributed by atoms with Gasteiger partial charge in [0.05, 0.1) is 10.0 Å². The van der Waals surface area contributed by atoms with Crippen molar-refractivity contribution >= 4 is 40.3 Å². The largest absolute Gasteiger partial charge is 0.294 e. The highest BCUT2D eigenvalue weighted by Gasteiger charge is 2.11. The molecule has 1 aromatic carbocycles. The van der Waals surface area contributed by atoms with E-state index in [1.54, 1.807) is 23.5 Å². The van der Waals surface area contributed by atoms with Crippen molar-refractivity contribution in [3.8, 4) is 0 Å². The number of halogens is 2. The second-order valence-corrected chi connectivity index (χ2v) is 5.37. The molecule has 2 rings (SSSR count). The number of thiophene rings is 1. The first-order chi connectivity index (χ1) is 8.08. The van der Waals surface area contributed by atoms with Crippen LogP contribution in [0.2, 0.25) is 10.0 Å². The number of carbonyl (C=O) groups excluding carboxylic acids is 1. The summed E-state index contributed by atoms with van der Waals surface area (Å²) in [6.45, 7) is 1.94. The summed E-state index contributed by atoms with van der Waals surface area (Å²) in [7, 11) is 0. The first kappa shape index (κ1) is 12.6. The van der Waals surface area contributed by atoms with Crippen molar-refractivity contribution in [2.75, 3.05) is 0 Å². The quantitative estimate of drug-likeness (QED) is 0.741. The minimum atomic E-state index is 0.113. The third kappa shape index (κ3) is 2.89. The van der Waals surface area contributed by atoms with Gasteiger partial charge < -0.3 is 0 Å². The monoisotopic (exact) mass is 284 g/mol. The molecule has 0 aliphatic rings. The van der Waals surface area contributed by atoms with Gasteiger partial charge in [0.2, 0.25) is 0 Å². The van der Waals surface area contributed by atoms with Crippen LogP contribution in [0.5, 0.6) is 0 Å². The van der Waals surface area contributed by atoms with Crippen molar-refractivity contribution in [2.45, 2.75) is 13.3 Å². The fourth-order valence-corrected chi connectivity index (χ4v) is 2.75. The topological polar surface area (TPSA) is 17.1 Å². The fourth-order valence-electron chi connectivity index (χ4n) is 1.58. The molecule has 17 heavy (non-hydrogen) atoms. The van der Waals surface area contributed by atoms with Crippen LogP contribution in [0.1, 0.15) is 21.5 Å². The van der Waals surface area contributed by atoms with E-state index in [1.165, 1.54) is 0 Å². The number of benzene rings is 1. The lowest BCUT2D eigenvalue weighted by Gasteiger charge is -2.03. The fraction of sp³-hybridized carbons (Fsp3) is 0.154. The molecule has 0 spiro atoms. The lowest BCUT2D eigenvalue weighted by atomic mass is 10.0. The van der Waals surface area contributed by atoms with Crippen molar-refractivity contribution in [3.05, 3.63) is 55.7 Å². The SMILES string of the molecule is Cc1cscc1C(=O)Cc1ccc(Cl)c(Cl)c1. The Labute approximate surface area is 114 Å². The van der Waals surface area contributed by atoms with Gasteiger partial charge in [0.1, 0.15) is 0 Å². The van der Waals surface area contributed by atoms with E-state index in [0.717, 1.165) is 16.7 Å². The summed E-state index contributed by atoms with van der Waals surface area (Å²) >= 11 is 13.3. The molecule has 0 atom stereocenters. The average molecular weight is 285 g/mol. The lowest BCUT2D eigenvalue weighted by molar-refractivity contribution is 0.0993. The molecule has 1 heterocycles. The number of rotatable bonds is 3. The zero-order valence-corrected chi connectivity index (χ0v) is 11.5. The van der Waals surface area contributed by atoms with Gasteiger partial charge in [-0.2, -0.15) is 11.3 Å². The summed E-state index contributed by atoms with van der Waals surface area (Å²) in [4.78, 5) is 12.0. The molecule has 1 aromatic heterocycles. The van der Waals surface area contributed by atoms with Gasteiger partial charge in [-0.3, -0.25) is 4.79 Å². The molecule has 0 aliphatic heterocycles. The Balaban J connectivity index is 2.19. The van der Waals surface area contributed by atoms with Crippen LogP contribution in [-0.4, -0.2) is 5.78 Å². The Morgan fingerprint density at radius 2 is 2.00 bits per heavy atom. The Morgan fingerprint density at radius 1 is 1.24 bits per heavy atom. The molecule has 0 N–H and O–H groups in total. The molecule has 0 amide bonds. The third-order valence-electron chi connectivity index (χ3n) is 2.50. The smallest absolute Gasteiger partial charge is 0.168 e. The third-order valence-corrected chi connectivity index (χ3v) is 4.11. The zero-order chi connectivity index (χ0) is 12.4. The Hall–Kier alpha value is -0.830. The van der Waals surface area contributed by atoms with Gasteiger partial charge in [0.25, 0.3) is 0 Å². The second-order valence-electron chi connectivity index (χ2n) is 3.82. The Bertz CT molecular complexity index is 560. The minimum absolute atomic E-state index is 0.113. The number of ketones is 1. The van der Waals surface area contributed by atoms with Crippen LogP contribution in [0, 0.1) is 6.92 Å². The van der Waals surface area contributed by atoms with Crippen molar-refractivity contribution in [3.63, 3.8) is 0 Å². The number of carbonyl (C=O) groups is 1. The van der Waals surface area contributed by atoms with E-state index in [-0.39, 0.29) is 5.78 Å². The standard InChI is InChI=1S/C13H10Cl2OS/c1-8-6-17-7-10(8)13(16)5-9-2-3-11(14)12(15)4-9/h2-4,6-7H,5H2,1H3. The van der Waals surface area contributed by atoms with E-state index in [0.29, 0.717) is 16.5 Å². The van der Waals surface area contributed by atoms with Crippen LogP contribution in [0.25, 0.3) is 0 Å².